The number of nitrogens with zero attached hydrogens (tertiary/aromatic N) is 3. The van der Waals surface area contributed by atoms with Crippen LogP contribution in [0.4, 0.5) is 5.69 Å². The molecule has 0 bridgehead atoms. The molecule has 1 aliphatic heterocycles. The van der Waals surface area contributed by atoms with Crippen LogP contribution in [0.2, 0.25) is 0 Å². The number of aliphatic hydroxyl groups is 1. The molecular formula is C29H38N4O8S2. The number of fused-ring (bicyclic) bond motifs is 1. The van der Waals surface area contributed by atoms with Gasteiger partial charge in [-0.15, -0.1) is 0 Å². The third-order valence-corrected chi connectivity index (χ3v) is 11.0. The number of benzene rings is 2. The number of amides is 1. The molecule has 2 aromatic carbocycles. The van der Waals surface area contributed by atoms with Gasteiger partial charge in [0.15, 0.2) is 10.7 Å². The largest absolute Gasteiger partial charge is 0.488 e. The Balaban J connectivity index is 1.69. The van der Waals surface area contributed by atoms with Gasteiger partial charge in [-0.1, -0.05) is 29.8 Å². The molecule has 2 heterocycles. The van der Waals surface area contributed by atoms with Crippen molar-refractivity contribution in [1.29, 1.82) is 0 Å². The minimum absolute atomic E-state index is 0.0211. The number of nitrogens with one attached hydrogen (secondary N) is 1. The van der Waals surface area contributed by atoms with Crippen LogP contribution in [-0.2, 0) is 31.3 Å². The minimum atomic E-state index is -4.05. The van der Waals surface area contributed by atoms with Crippen LogP contribution in [0.25, 0.3) is 0 Å². The van der Waals surface area contributed by atoms with Crippen LogP contribution in [0.15, 0.2) is 56.8 Å². The molecule has 14 heteroatoms. The van der Waals surface area contributed by atoms with E-state index in [2.05, 4.69) is 9.88 Å². The molecular weight excluding hydrogens is 596 g/mol. The Morgan fingerprint density at radius 2 is 1.79 bits per heavy atom. The first-order chi connectivity index (χ1) is 20.1. The van der Waals surface area contributed by atoms with Gasteiger partial charge in [-0.2, -0.15) is 4.31 Å². The molecule has 234 valence electrons. The van der Waals surface area contributed by atoms with Crippen molar-refractivity contribution in [2.75, 3.05) is 31.5 Å². The summed E-state index contributed by atoms with van der Waals surface area (Å²) in [4.78, 5) is 15.1. The fourth-order valence-electron chi connectivity index (χ4n) is 5.02. The zero-order valence-corrected chi connectivity index (χ0v) is 26.7. The molecule has 0 unspecified atom stereocenters. The monoisotopic (exact) mass is 634 g/mol. The maximum atomic E-state index is 13.5. The van der Waals surface area contributed by atoms with Gasteiger partial charge in [0.25, 0.3) is 10.0 Å². The Hall–Kier alpha value is -3.46. The summed E-state index contributed by atoms with van der Waals surface area (Å²) in [6.07, 6.45) is -0.814. The van der Waals surface area contributed by atoms with Crippen LogP contribution < -0.4 is 9.46 Å². The molecule has 0 radical (unpaired) electrons. The highest BCUT2D eigenvalue weighted by molar-refractivity contribution is 7.92. The van der Waals surface area contributed by atoms with Gasteiger partial charge in [-0.25, -0.2) is 16.8 Å². The molecule has 0 saturated heterocycles. The highest BCUT2D eigenvalue weighted by Crippen LogP contribution is 2.31. The Bertz CT molecular complexity index is 1670. The average molecular weight is 635 g/mol. The van der Waals surface area contributed by atoms with Gasteiger partial charge in [-0.3, -0.25) is 9.52 Å². The first-order valence-electron chi connectivity index (χ1n) is 13.8. The van der Waals surface area contributed by atoms with Gasteiger partial charge in [0.05, 0.1) is 30.5 Å². The Labute approximate surface area is 252 Å². The topological polar surface area (TPSA) is 159 Å². The molecule has 3 aromatic rings. The zero-order valence-electron chi connectivity index (χ0n) is 25.1. The summed E-state index contributed by atoms with van der Waals surface area (Å²) >= 11 is 0. The van der Waals surface area contributed by atoms with Crippen molar-refractivity contribution < 1.29 is 36.0 Å². The van der Waals surface area contributed by atoms with E-state index in [-0.39, 0.29) is 64.9 Å². The van der Waals surface area contributed by atoms with Crippen LogP contribution in [-0.4, -0.2) is 81.1 Å². The summed E-state index contributed by atoms with van der Waals surface area (Å²) in [5.74, 6) is -0.158. The number of hydrogen-bond donors (Lipinski definition) is 2. The minimum Gasteiger partial charge on any atom is -0.488 e. The molecule has 0 aliphatic carbocycles. The molecule has 1 amide bonds. The molecule has 3 atom stereocenters. The average Bonchev–Trinajstić information content (AvgIpc) is 3.31. The number of rotatable bonds is 9. The maximum Gasteiger partial charge on any atom is 0.267 e. The van der Waals surface area contributed by atoms with E-state index in [1.165, 1.54) is 37.3 Å². The van der Waals surface area contributed by atoms with E-state index < -0.39 is 32.2 Å². The molecule has 43 heavy (non-hydrogen) atoms. The van der Waals surface area contributed by atoms with E-state index in [9.17, 15) is 26.7 Å². The predicted molar refractivity (Wildman–Crippen MR) is 160 cm³/mol. The lowest BCUT2D eigenvalue weighted by Crippen LogP contribution is -2.48. The number of carbonyl (C=O) groups excluding carboxylic acids is 1. The third kappa shape index (κ3) is 7.03. The fraction of sp³-hybridized carbons (Fsp3) is 0.448. The van der Waals surface area contributed by atoms with Crippen molar-refractivity contribution in [3.63, 3.8) is 0 Å². The first-order valence-corrected chi connectivity index (χ1v) is 16.7. The smallest absolute Gasteiger partial charge is 0.267 e. The van der Waals surface area contributed by atoms with Gasteiger partial charge >= 0.3 is 0 Å². The predicted octanol–water partition coefficient (Wildman–Crippen LogP) is 2.87. The third-order valence-electron chi connectivity index (χ3n) is 7.57. The van der Waals surface area contributed by atoms with Crippen LogP contribution >= 0.6 is 0 Å². The highest BCUT2D eigenvalue weighted by atomic mass is 32.2. The standard InChI is InChI=1S/C29H38N4O8S2/c1-18-7-10-25(11-8-18)43(38,39)32(6)16-27-19(2)15-33(20(3)17-34)28(35)14-23-13-24(9-12-26(23)40-27)31-42(36,37)29-21(4)30-41-22(29)5/h7-13,19-20,27,31,34H,14-17H2,1-6H3/t19-,20+,27-/m1/s1. The molecule has 1 aromatic heterocycles. The van der Waals surface area contributed by atoms with E-state index in [1.54, 1.807) is 42.2 Å². The molecule has 2 N–H and O–H groups in total. The SMILES string of the molecule is Cc1ccc(S(=O)(=O)N(C)C[C@H]2Oc3ccc(NS(=O)(=O)c4c(C)noc4C)cc3CC(=O)N([C@@H](C)CO)C[C@H]2C)cc1. The number of aliphatic hydroxyl groups excluding tert-OH is 1. The van der Waals surface area contributed by atoms with Gasteiger partial charge in [0, 0.05) is 30.8 Å². The van der Waals surface area contributed by atoms with Gasteiger partial charge in [-0.05, 0) is 58.0 Å². The summed E-state index contributed by atoms with van der Waals surface area (Å²) in [5, 5.41) is 13.6. The van der Waals surface area contributed by atoms with Crippen LogP contribution in [0.3, 0.4) is 0 Å². The summed E-state index contributed by atoms with van der Waals surface area (Å²) < 4.78 is 68.2. The Morgan fingerprint density at radius 1 is 1.12 bits per heavy atom. The van der Waals surface area contributed by atoms with Crippen molar-refractivity contribution in [3.8, 4) is 5.75 Å². The summed E-state index contributed by atoms with van der Waals surface area (Å²) in [5.41, 5.74) is 1.74. The van der Waals surface area contributed by atoms with Crippen LogP contribution in [0.5, 0.6) is 5.75 Å². The number of carbonyl (C=O) groups is 1. The lowest BCUT2D eigenvalue weighted by atomic mass is 10.0. The lowest BCUT2D eigenvalue weighted by molar-refractivity contribution is -0.134. The number of aromatic nitrogens is 1. The second-order valence-corrected chi connectivity index (χ2v) is 14.7. The number of anilines is 1. The number of likely N-dealkylation sites (N-methyl/N-ethyl adjacent to an activating group) is 1. The lowest BCUT2D eigenvalue weighted by Gasteiger charge is -2.33. The van der Waals surface area contributed by atoms with Crippen molar-refractivity contribution in [3.05, 3.63) is 65.0 Å². The van der Waals surface area contributed by atoms with Crippen molar-refractivity contribution >= 4 is 31.6 Å². The number of aryl methyl sites for hydroxylation is 3. The molecule has 4 rings (SSSR count). The number of ether oxygens (including phenoxy) is 1. The van der Waals surface area contributed by atoms with Crippen molar-refractivity contribution in [2.24, 2.45) is 5.92 Å². The quantitative estimate of drug-likeness (QED) is 0.361. The maximum absolute atomic E-state index is 13.5. The first kappa shape index (κ1) is 32.5. The molecule has 0 fully saturated rings. The Kier molecular flexibility index (Phi) is 9.54. The molecule has 0 spiro atoms. The number of sulfonamides is 2. The van der Waals surface area contributed by atoms with Crippen LogP contribution in [0, 0.1) is 26.7 Å². The van der Waals surface area contributed by atoms with E-state index in [4.69, 9.17) is 9.26 Å². The van der Waals surface area contributed by atoms with Gasteiger partial charge in [0.2, 0.25) is 15.9 Å². The highest BCUT2D eigenvalue weighted by Gasteiger charge is 2.34. The zero-order chi connectivity index (χ0) is 31.7. The van der Waals surface area contributed by atoms with E-state index in [0.29, 0.717) is 11.3 Å². The van der Waals surface area contributed by atoms with E-state index in [0.717, 1.165) is 5.56 Å². The van der Waals surface area contributed by atoms with E-state index >= 15 is 0 Å². The van der Waals surface area contributed by atoms with Crippen molar-refractivity contribution in [2.45, 2.75) is 63.0 Å². The number of hydrogen-bond acceptors (Lipinski definition) is 9. The summed E-state index contributed by atoms with van der Waals surface area (Å²) in [6, 6.07) is 10.7. The summed E-state index contributed by atoms with van der Waals surface area (Å²) in [7, 11) is -6.42. The van der Waals surface area contributed by atoms with Crippen molar-refractivity contribution in [1.82, 2.24) is 14.4 Å². The normalized spacial score (nSPS) is 18.8. The van der Waals surface area contributed by atoms with Gasteiger partial charge < -0.3 is 19.3 Å². The van der Waals surface area contributed by atoms with Crippen LogP contribution in [0.1, 0.15) is 36.4 Å². The second kappa shape index (κ2) is 12.6. The van der Waals surface area contributed by atoms with Gasteiger partial charge in [0.1, 0.15) is 17.5 Å². The molecule has 12 nitrogen and oxygen atoms in total. The Morgan fingerprint density at radius 3 is 2.40 bits per heavy atom. The van der Waals surface area contributed by atoms with E-state index in [1.807, 2.05) is 13.8 Å². The molecule has 0 saturated carbocycles. The second-order valence-electron chi connectivity index (χ2n) is 11.1. The fourth-order valence-corrected chi connectivity index (χ4v) is 7.58. The summed E-state index contributed by atoms with van der Waals surface area (Å²) in [6.45, 7) is 8.40. The molecule has 1 aliphatic rings.